The quantitative estimate of drug-likeness (QED) is 0.131. The maximum atomic E-state index is 4.66. The third-order valence-corrected chi connectivity index (χ3v) is 7.27. The van der Waals surface area contributed by atoms with Gasteiger partial charge in [0.05, 0.1) is 5.92 Å². The second-order valence-corrected chi connectivity index (χ2v) is 10.1. The molecule has 33 heavy (non-hydrogen) atoms. The molecule has 0 fully saturated rings. The van der Waals surface area contributed by atoms with Crippen LogP contribution in [0.25, 0.3) is 0 Å². The molecule has 0 saturated heterocycles. The third-order valence-electron chi connectivity index (χ3n) is 7.27. The zero-order chi connectivity index (χ0) is 23.4. The van der Waals surface area contributed by atoms with Crippen molar-refractivity contribution >= 4 is 12.4 Å². The molecule has 1 aromatic carbocycles. The SMILES string of the molecule is CCCCCCCCCCCCCCC(Cc1ccccc1)C(CCCCC)[C+]1N=CC=N1. The first kappa shape index (κ1) is 27.7. The van der Waals surface area contributed by atoms with Crippen molar-refractivity contribution in [3.63, 3.8) is 0 Å². The van der Waals surface area contributed by atoms with Crippen LogP contribution in [0.3, 0.4) is 0 Å². The summed E-state index contributed by atoms with van der Waals surface area (Å²) in [6, 6.07) is 11.1. The maximum absolute atomic E-state index is 4.66. The molecule has 0 aliphatic carbocycles. The largest absolute Gasteiger partial charge is 0.244 e. The van der Waals surface area contributed by atoms with Gasteiger partial charge in [-0.15, -0.1) is 0 Å². The first-order chi connectivity index (χ1) is 16.3. The fourth-order valence-corrected chi connectivity index (χ4v) is 5.24. The van der Waals surface area contributed by atoms with Gasteiger partial charge in [-0.1, -0.05) is 150 Å². The van der Waals surface area contributed by atoms with E-state index in [9.17, 15) is 0 Å². The van der Waals surface area contributed by atoms with Crippen LogP contribution in [-0.4, -0.2) is 12.4 Å². The molecule has 2 atom stereocenters. The summed E-state index contributed by atoms with van der Waals surface area (Å²) in [5.41, 5.74) is 1.47. The number of aliphatic imine (C=N–C) groups is 2. The van der Waals surface area contributed by atoms with Crippen molar-refractivity contribution in [1.29, 1.82) is 0 Å². The Bertz CT molecular complexity index is 609. The standard InChI is InChI=1S/C31H51N2/c1-3-5-7-8-9-10-11-12-13-14-15-20-23-29(27-28-21-18-16-19-22-28)30(24-17-6-4-2)31-32-25-26-33-31/h16,18-19,21-22,25-26,29-30H,3-15,17,20,23-24,27H2,1-2H3/q+1. The Kier molecular flexibility index (Phi) is 15.8. The first-order valence-electron chi connectivity index (χ1n) is 14.3. The normalized spacial score (nSPS) is 14.8. The van der Waals surface area contributed by atoms with Gasteiger partial charge in [-0.05, 0) is 30.7 Å². The summed E-state index contributed by atoms with van der Waals surface area (Å²) >= 11 is 0. The number of unbranched alkanes of at least 4 members (excludes halogenated alkanes) is 13. The van der Waals surface area contributed by atoms with Gasteiger partial charge in [0.2, 0.25) is 6.17 Å². The van der Waals surface area contributed by atoms with Crippen LogP contribution in [0.5, 0.6) is 0 Å². The molecule has 0 amide bonds. The highest BCUT2D eigenvalue weighted by molar-refractivity contribution is 6.18. The molecule has 2 unspecified atom stereocenters. The van der Waals surface area contributed by atoms with Crippen LogP contribution in [0.4, 0.5) is 0 Å². The van der Waals surface area contributed by atoms with E-state index < -0.39 is 0 Å². The van der Waals surface area contributed by atoms with Crippen LogP contribution in [0.1, 0.15) is 129 Å². The Hall–Kier alpha value is -1.57. The molecule has 184 valence electrons. The summed E-state index contributed by atoms with van der Waals surface area (Å²) in [7, 11) is 0. The van der Waals surface area contributed by atoms with Gasteiger partial charge in [0.1, 0.15) is 0 Å². The van der Waals surface area contributed by atoms with Crippen molar-refractivity contribution in [1.82, 2.24) is 0 Å². The van der Waals surface area contributed by atoms with Gasteiger partial charge in [-0.2, -0.15) is 0 Å². The van der Waals surface area contributed by atoms with Crippen LogP contribution in [0, 0.1) is 18.0 Å². The minimum Gasteiger partial charge on any atom is -0.0965 e. The van der Waals surface area contributed by atoms with Gasteiger partial charge >= 0.3 is 0 Å². The maximum Gasteiger partial charge on any atom is 0.244 e. The zero-order valence-electron chi connectivity index (χ0n) is 21.8. The number of hydrogen-bond donors (Lipinski definition) is 0. The molecule has 0 bridgehead atoms. The van der Waals surface area contributed by atoms with E-state index in [0.29, 0.717) is 11.8 Å². The molecule has 2 heteroatoms. The van der Waals surface area contributed by atoms with E-state index >= 15 is 0 Å². The molecule has 1 heterocycles. The van der Waals surface area contributed by atoms with Crippen molar-refractivity contribution in [3.05, 3.63) is 42.1 Å². The Morgan fingerprint density at radius 2 is 1.09 bits per heavy atom. The van der Waals surface area contributed by atoms with Crippen LogP contribution >= 0.6 is 0 Å². The van der Waals surface area contributed by atoms with Gasteiger partial charge in [0, 0.05) is 0 Å². The van der Waals surface area contributed by atoms with E-state index in [0.717, 1.165) is 12.6 Å². The van der Waals surface area contributed by atoms with Gasteiger partial charge in [0.25, 0.3) is 0 Å². The molecule has 2 rings (SSSR count). The summed E-state index contributed by atoms with van der Waals surface area (Å²) in [5.74, 6) is 1.15. The number of hydrogen-bond acceptors (Lipinski definition) is 2. The van der Waals surface area contributed by atoms with Crippen molar-refractivity contribution in [2.45, 2.75) is 129 Å². The molecule has 1 aliphatic heterocycles. The minimum atomic E-state index is 0.500. The number of benzene rings is 1. The highest BCUT2D eigenvalue weighted by Gasteiger charge is 2.35. The molecule has 0 radical (unpaired) electrons. The van der Waals surface area contributed by atoms with E-state index in [-0.39, 0.29) is 0 Å². The van der Waals surface area contributed by atoms with Crippen molar-refractivity contribution in [2.24, 2.45) is 21.8 Å². The van der Waals surface area contributed by atoms with Gasteiger partial charge in [0.15, 0.2) is 12.4 Å². The summed E-state index contributed by atoms with van der Waals surface area (Å²) in [4.78, 5) is 9.31. The number of nitrogens with zero attached hydrogens (tertiary/aromatic N) is 2. The van der Waals surface area contributed by atoms with E-state index in [4.69, 9.17) is 0 Å². The molecule has 0 saturated carbocycles. The molecule has 2 nitrogen and oxygen atoms in total. The van der Waals surface area contributed by atoms with E-state index in [1.165, 1.54) is 115 Å². The zero-order valence-corrected chi connectivity index (χ0v) is 21.8. The lowest BCUT2D eigenvalue weighted by molar-refractivity contribution is 0.284. The van der Waals surface area contributed by atoms with Crippen LogP contribution < -0.4 is 0 Å². The Morgan fingerprint density at radius 3 is 1.67 bits per heavy atom. The second-order valence-electron chi connectivity index (χ2n) is 10.1. The monoisotopic (exact) mass is 451 g/mol. The highest BCUT2D eigenvalue weighted by atomic mass is 15.0. The smallest absolute Gasteiger partial charge is 0.0965 e. The Labute approximate surface area is 205 Å². The number of rotatable bonds is 21. The lowest BCUT2D eigenvalue weighted by Crippen LogP contribution is -2.22. The highest BCUT2D eigenvalue weighted by Crippen LogP contribution is 2.36. The molecule has 0 aromatic heterocycles. The molecule has 0 spiro atoms. The fourth-order valence-electron chi connectivity index (χ4n) is 5.24. The van der Waals surface area contributed by atoms with E-state index in [1.54, 1.807) is 0 Å². The molecule has 1 aliphatic rings. The lowest BCUT2D eigenvalue weighted by atomic mass is 9.78. The van der Waals surface area contributed by atoms with Crippen molar-refractivity contribution in [3.8, 4) is 0 Å². The van der Waals surface area contributed by atoms with E-state index in [2.05, 4.69) is 54.2 Å². The van der Waals surface area contributed by atoms with Crippen molar-refractivity contribution in [2.75, 3.05) is 0 Å². The second kappa shape index (κ2) is 18.8. The average molecular weight is 452 g/mol. The predicted octanol–water partition coefficient (Wildman–Crippen LogP) is 9.78. The molecular formula is C31H51N2+. The van der Waals surface area contributed by atoms with Crippen molar-refractivity contribution < 1.29 is 0 Å². The lowest BCUT2D eigenvalue weighted by Gasteiger charge is -2.26. The summed E-state index contributed by atoms with van der Waals surface area (Å²) < 4.78 is 0. The average Bonchev–Trinajstić information content (AvgIpc) is 3.37. The van der Waals surface area contributed by atoms with Gasteiger partial charge in [-0.3, -0.25) is 0 Å². The Balaban J connectivity index is 1.74. The topological polar surface area (TPSA) is 24.7 Å². The van der Waals surface area contributed by atoms with Gasteiger partial charge in [-0.25, -0.2) is 0 Å². The summed E-state index contributed by atoms with van der Waals surface area (Å²) in [6.07, 6.45) is 29.4. The summed E-state index contributed by atoms with van der Waals surface area (Å²) in [5, 5.41) is 0. The van der Waals surface area contributed by atoms with Crippen LogP contribution in [-0.2, 0) is 6.42 Å². The molecular weight excluding hydrogens is 400 g/mol. The third kappa shape index (κ3) is 12.5. The van der Waals surface area contributed by atoms with Crippen LogP contribution in [0.15, 0.2) is 40.3 Å². The van der Waals surface area contributed by atoms with E-state index in [1.807, 2.05) is 12.4 Å². The summed E-state index contributed by atoms with van der Waals surface area (Å²) in [6.45, 7) is 4.59. The molecule has 1 aromatic rings. The van der Waals surface area contributed by atoms with Gasteiger partial charge < -0.3 is 0 Å². The predicted molar refractivity (Wildman–Crippen MR) is 147 cm³/mol. The minimum absolute atomic E-state index is 0.500. The fraction of sp³-hybridized carbons (Fsp3) is 0.710. The van der Waals surface area contributed by atoms with Crippen LogP contribution in [0.2, 0.25) is 0 Å². The Morgan fingerprint density at radius 1 is 0.606 bits per heavy atom. The molecule has 0 N–H and O–H groups in total. The first-order valence-corrected chi connectivity index (χ1v) is 14.3.